The minimum atomic E-state index is 0.475. The van der Waals surface area contributed by atoms with Crippen LogP contribution in [0, 0.1) is 0 Å². The molecule has 1 aliphatic rings. The largest absolute Gasteiger partial charge is 0.497 e. The SMILES string of the molecule is COc1ccc(Br)c([C@@H]2CCCCN2)c1. The molecule has 0 aliphatic carbocycles. The highest BCUT2D eigenvalue weighted by Crippen LogP contribution is 2.31. The van der Waals surface area contributed by atoms with Gasteiger partial charge in [-0.15, -0.1) is 0 Å². The van der Waals surface area contributed by atoms with E-state index in [2.05, 4.69) is 33.4 Å². The van der Waals surface area contributed by atoms with Crippen LogP contribution in [-0.4, -0.2) is 13.7 Å². The van der Waals surface area contributed by atoms with Crippen molar-refractivity contribution in [3.05, 3.63) is 28.2 Å². The molecule has 1 aromatic carbocycles. The summed E-state index contributed by atoms with van der Waals surface area (Å²) in [4.78, 5) is 0. The van der Waals surface area contributed by atoms with Gasteiger partial charge in [-0.2, -0.15) is 0 Å². The van der Waals surface area contributed by atoms with Gasteiger partial charge < -0.3 is 10.1 Å². The van der Waals surface area contributed by atoms with Gasteiger partial charge in [-0.1, -0.05) is 22.4 Å². The van der Waals surface area contributed by atoms with Crippen molar-refractivity contribution >= 4 is 15.9 Å². The smallest absolute Gasteiger partial charge is 0.119 e. The Morgan fingerprint density at radius 3 is 2.93 bits per heavy atom. The number of benzene rings is 1. The Bertz CT molecular complexity index is 334. The normalized spacial score (nSPS) is 21.3. The molecule has 0 unspecified atom stereocenters. The van der Waals surface area contributed by atoms with E-state index in [-0.39, 0.29) is 0 Å². The third-order valence-corrected chi connectivity index (χ3v) is 3.61. The van der Waals surface area contributed by atoms with E-state index in [1.807, 2.05) is 6.07 Å². The molecular weight excluding hydrogens is 254 g/mol. The van der Waals surface area contributed by atoms with Crippen LogP contribution in [0.4, 0.5) is 0 Å². The number of piperidine rings is 1. The average Bonchev–Trinajstić information content (AvgIpc) is 2.31. The van der Waals surface area contributed by atoms with Crippen molar-refractivity contribution in [1.29, 1.82) is 0 Å². The summed E-state index contributed by atoms with van der Waals surface area (Å²) in [6.07, 6.45) is 3.81. The molecule has 15 heavy (non-hydrogen) atoms. The standard InChI is InChI=1S/C12H16BrNO/c1-15-9-5-6-11(13)10(8-9)12-4-2-3-7-14-12/h5-6,8,12,14H,2-4,7H2,1H3/t12-/m0/s1. The van der Waals surface area contributed by atoms with Gasteiger partial charge in [-0.3, -0.25) is 0 Å². The zero-order chi connectivity index (χ0) is 10.7. The van der Waals surface area contributed by atoms with Crippen LogP contribution in [0.25, 0.3) is 0 Å². The molecule has 1 aromatic rings. The number of rotatable bonds is 2. The fraction of sp³-hybridized carbons (Fsp3) is 0.500. The second-order valence-electron chi connectivity index (χ2n) is 3.89. The van der Waals surface area contributed by atoms with Crippen LogP contribution < -0.4 is 10.1 Å². The van der Waals surface area contributed by atoms with E-state index in [0.717, 1.165) is 12.3 Å². The fourth-order valence-electron chi connectivity index (χ4n) is 2.03. The predicted octanol–water partition coefficient (Wildman–Crippen LogP) is 3.27. The number of halogens is 1. The minimum absolute atomic E-state index is 0.475. The summed E-state index contributed by atoms with van der Waals surface area (Å²) in [7, 11) is 1.71. The molecule has 0 amide bonds. The monoisotopic (exact) mass is 269 g/mol. The Kier molecular flexibility index (Phi) is 3.65. The highest BCUT2D eigenvalue weighted by atomic mass is 79.9. The Hall–Kier alpha value is -0.540. The van der Waals surface area contributed by atoms with Crippen molar-refractivity contribution in [1.82, 2.24) is 5.32 Å². The summed E-state index contributed by atoms with van der Waals surface area (Å²) in [6.45, 7) is 1.12. The third-order valence-electron chi connectivity index (χ3n) is 2.89. The van der Waals surface area contributed by atoms with Crippen LogP contribution in [-0.2, 0) is 0 Å². The van der Waals surface area contributed by atoms with Crippen molar-refractivity contribution < 1.29 is 4.74 Å². The second-order valence-corrected chi connectivity index (χ2v) is 4.74. The van der Waals surface area contributed by atoms with Crippen molar-refractivity contribution in [3.63, 3.8) is 0 Å². The molecule has 0 radical (unpaired) electrons. The summed E-state index contributed by atoms with van der Waals surface area (Å²) >= 11 is 3.60. The van der Waals surface area contributed by atoms with Crippen LogP contribution >= 0.6 is 15.9 Å². The molecule has 3 heteroatoms. The number of nitrogens with one attached hydrogen (secondary N) is 1. The number of hydrogen-bond donors (Lipinski definition) is 1. The zero-order valence-electron chi connectivity index (χ0n) is 8.92. The molecule has 2 nitrogen and oxygen atoms in total. The first-order valence-corrected chi connectivity index (χ1v) is 6.17. The number of methoxy groups -OCH3 is 1. The van der Waals surface area contributed by atoms with E-state index in [1.165, 1.54) is 29.3 Å². The first-order valence-electron chi connectivity index (χ1n) is 5.38. The molecule has 1 atom stereocenters. The Morgan fingerprint density at radius 1 is 1.40 bits per heavy atom. The first-order chi connectivity index (χ1) is 7.31. The predicted molar refractivity (Wildman–Crippen MR) is 65.3 cm³/mol. The molecule has 0 spiro atoms. The van der Waals surface area contributed by atoms with E-state index in [9.17, 15) is 0 Å². The summed E-state index contributed by atoms with van der Waals surface area (Å²) in [6, 6.07) is 6.64. The van der Waals surface area contributed by atoms with Crippen LogP contribution in [0.5, 0.6) is 5.75 Å². The molecular formula is C12H16BrNO. The Balaban J connectivity index is 2.24. The second kappa shape index (κ2) is 4.99. The van der Waals surface area contributed by atoms with Gasteiger partial charge >= 0.3 is 0 Å². The van der Waals surface area contributed by atoms with E-state index in [1.54, 1.807) is 7.11 Å². The molecule has 0 saturated carbocycles. The van der Waals surface area contributed by atoms with E-state index >= 15 is 0 Å². The third kappa shape index (κ3) is 2.52. The zero-order valence-corrected chi connectivity index (χ0v) is 10.5. The van der Waals surface area contributed by atoms with Gasteiger partial charge in [0, 0.05) is 10.5 Å². The fourth-order valence-corrected chi connectivity index (χ4v) is 2.56. The molecule has 82 valence electrons. The lowest BCUT2D eigenvalue weighted by atomic mass is 9.97. The number of hydrogen-bond acceptors (Lipinski definition) is 2. The van der Waals surface area contributed by atoms with E-state index in [0.29, 0.717) is 6.04 Å². The maximum absolute atomic E-state index is 5.25. The highest BCUT2D eigenvalue weighted by molar-refractivity contribution is 9.10. The quantitative estimate of drug-likeness (QED) is 0.890. The Morgan fingerprint density at radius 2 is 2.27 bits per heavy atom. The molecule has 1 fully saturated rings. The van der Waals surface area contributed by atoms with Crippen LogP contribution in [0.15, 0.2) is 22.7 Å². The molecule has 1 heterocycles. The molecule has 1 N–H and O–H groups in total. The first kappa shape index (κ1) is 11.0. The topological polar surface area (TPSA) is 21.3 Å². The van der Waals surface area contributed by atoms with Gasteiger partial charge in [-0.05, 0) is 43.1 Å². The van der Waals surface area contributed by atoms with Gasteiger partial charge in [0.25, 0.3) is 0 Å². The molecule has 0 bridgehead atoms. The van der Waals surface area contributed by atoms with Crippen LogP contribution in [0.2, 0.25) is 0 Å². The summed E-state index contributed by atoms with van der Waals surface area (Å²) < 4.78 is 6.42. The lowest BCUT2D eigenvalue weighted by Gasteiger charge is -2.25. The summed E-state index contributed by atoms with van der Waals surface area (Å²) in [5, 5.41) is 3.54. The molecule has 1 saturated heterocycles. The van der Waals surface area contributed by atoms with E-state index in [4.69, 9.17) is 4.74 Å². The average molecular weight is 270 g/mol. The van der Waals surface area contributed by atoms with Crippen molar-refractivity contribution in [2.24, 2.45) is 0 Å². The van der Waals surface area contributed by atoms with Gasteiger partial charge in [0.1, 0.15) is 5.75 Å². The van der Waals surface area contributed by atoms with E-state index < -0.39 is 0 Å². The van der Waals surface area contributed by atoms with Gasteiger partial charge in [0.05, 0.1) is 7.11 Å². The lowest BCUT2D eigenvalue weighted by Crippen LogP contribution is -2.27. The molecule has 0 aromatic heterocycles. The molecule has 2 rings (SSSR count). The van der Waals surface area contributed by atoms with Crippen LogP contribution in [0.1, 0.15) is 30.9 Å². The summed E-state index contributed by atoms with van der Waals surface area (Å²) in [5.41, 5.74) is 1.31. The maximum Gasteiger partial charge on any atom is 0.119 e. The highest BCUT2D eigenvalue weighted by Gasteiger charge is 2.17. The van der Waals surface area contributed by atoms with Gasteiger partial charge in [0.15, 0.2) is 0 Å². The number of ether oxygens (including phenoxy) is 1. The Labute approximate surface area is 99.1 Å². The maximum atomic E-state index is 5.25. The van der Waals surface area contributed by atoms with Gasteiger partial charge in [-0.25, -0.2) is 0 Å². The molecule has 1 aliphatic heterocycles. The summed E-state index contributed by atoms with van der Waals surface area (Å²) in [5.74, 6) is 0.931. The minimum Gasteiger partial charge on any atom is -0.497 e. The van der Waals surface area contributed by atoms with Crippen molar-refractivity contribution in [2.75, 3.05) is 13.7 Å². The lowest BCUT2D eigenvalue weighted by molar-refractivity contribution is 0.399. The van der Waals surface area contributed by atoms with Crippen molar-refractivity contribution in [3.8, 4) is 5.75 Å². The van der Waals surface area contributed by atoms with Gasteiger partial charge in [0.2, 0.25) is 0 Å². The van der Waals surface area contributed by atoms with Crippen LogP contribution in [0.3, 0.4) is 0 Å². The van der Waals surface area contributed by atoms with Crippen molar-refractivity contribution in [2.45, 2.75) is 25.3 Å².